The predicted molar refractivity (Wildman–Crippen MR) is 225 cm³/mol. The molecule has 0 aromatic heterocycles. The molecule has 0 fully saturated rings. The summed E-state index contributed by atoms with van der Waals surface area (Å²) in [6, 6.07) is 0. The van der Waals surface area contributed by atoms with Gasteiger partial charge in [-0.05, 0) is 12.8 Å². The van der Waals surface area contributed by atoms with Crippen LogP contribution in [-0.4, -0.2) is 49.3 Å². The van der Waals surface area contributed by atoms with Gasteiger partial charge < -0.3 is 20.1 Å². The van der Waals surface area contributed by atoms with Crippen LogP contribution in [0.25, 0.3) is 0 Å². The van der Waals surface area contributed by atoms with Crippen LogP contribution in [0.2, 0.25) is 0 Å². The molecule has 0 aliphatic rings. The van der Waals surface area contributed by atoms with E-state index in [-0.39, 0.29) is 38.6 Å². The van der Waals surface area contributed by atoms with Crippen molar-refractivity contribution in [3.8, 4) is 0 Å². The number of esters is 2. The fourth-order valence-electron chi connectivity index (χ4n) is 6.81. The van der Waals surface area contributed by atoms with Crippen LogP contribution in [0, 0.1) is 0 Å². The molecule has 0 spiro atoms. The summed E-state index contributed by atoms with van der Waals surface area (Å²) < 4.78 is 32.8. The van der Waals surface area contributed by atoms with Crippen molar-refractivity contribution in [2.24, 2.45) is 5.73 Å². The molecule has 0 aliphatic carbocycles. The number of hydrogen-bond acceptors (Lipinski definition) is 8. The molecule has 54 heavy (non-hydrogen) atoms. The number of carbonyl (C=O) groups excluding carboxylic acids is 2. The Labute approximate surface area is 333 Å². The molecule has 0 aromatic rings. The molecule has 0 saturated heterocycles. The Kier molecular flexibility index (Phi) is 40.9. The Morgan fingerprint density at radius 1 is 0.481 bits per heavy atom. The number of ether oxygens (including phenoxy) is 2. The topological polar surface area (TPSA) is 134 Å². The number of carbonyl (C=O) groups is 2. The van der Waals surface area contributed by atoms with Crippen LogP contribution in [0.4, 0.5) is 0 Å². The van der Waals surface area contributed by atoms with E-state index in [1.807, 2.05) is 0 Å². The van der Waals surface area contributed by atoms with Crippen molar-refractivity contribution >= 4 is 19.8 Å². The van der Waals surface area contributed by atoms with Gasteiger partial charge in [-0.1, -0.05) is 213 Å². The van der Waals surface area contributed by atoms with Gasteiger partial charge in [-0.3, -0.25) is 18.6 Å². The first-order valence-electron chi connectivity index (χ1n) is 23.0. The zero-order valence-electron chi connectivity index (χ0n) is 35.5. The molecule has 0 aliphatic heterocycles. The second kappa shape index (κ2) is 41.6. The van der Waals surface area contributed by atoms with Crippen molar-refractivity contribution in [3.63, 3.8) is 0 Å². The molecule has 2 atom stereocenters. The highest BCUT2D eigenvalue weighted by Gasteiger charge is 2.26. The third kappa shape index (κ3) is 40.7. The second-order valence-electron chi connectivity index (χ2n) is 15.6. The van der Waals surface area contributed by atoms with E-state index in [0.29, 0.717) is 6.42 Å². The summed E-state index contributed by atoms with van der Waals surface area (Å²) in [5.41, 5.74) is 5.35. The number of nitrogens with two attached hydrogens (primary N) is 1. The summed E-state index contributed by atoms with van der Waals surface area (Å²) in [7, 11) is -4.37. The maximum atomic E-state index is 12.6. The summed E-state index contributed by atoms with van der Waals surface area (Å²) in [4.78, 5) is 34.9. The zero-order valence-corrected chi connectivity index (χ0v) is 36.4. The van der Waals surface area contributed by atoms with Gasteiger partial charge in [0.05, 0.1) is 13.2 Å². The first kappa shape index (κ1) is 53.0. The highest BCUT2D eigenvalue weighted by molar-refractivity contribution is 7.47. The van der Waals surface area contributed by atoms with E-state index in [1.54, 1.807) is 0 Å². The minimum Gasteiger partial charge on any atom is -0.462 e. The maximum absolute atomic E-state index is 12.6. The van der Waals surface area contributed by atoms with Crippen LogP contribution in [-0.2, 0) is 32.7 Å². The number of phosphoric acid groups is 1. The van der Waals surface area contributed by atoms with Gasteiger partial charge in [0.15, 0.2) is 6.10 Å². The van der Waals surface area contributed by atoms with Crippen LogP contribution in [0.5, 0.6) is 0 Å². The average Bonchev–Trinajstić information content (AvgIpc) is 3.16. The molecule has 2 unspecified atom stereocenters. The first-order valence-corrected chi connectivity index (χ1v) is 24.5. The summed E-state index contributed by atoms with van der Waals surface area (Å²) in [5.74, 6) is -0.812. The van der Waals surface area contributed by atoms with E-state index in [9.17, 15) is 19.0 Å². The lowest BCUT2D eigenvalue weighted by molar-refractivity contribution is -0.161. The monoisotopic (exact) mass is 790 g/mol. The van der Waals surface area contributed by atoms with Crippen LogP contribution in [0.1, 0.15) is 239 Å². The van der Waals surface area contributed by atoms with E-state index >= 15 is 0 Å². The van der Waals surface area contributed by atoms with Crippen molar-refractivity contribution in [2.45, 2.75) is 245 Å². The third-order valence-corrected chi connectivity index (χ3v) is 11.2. The molecule has 0 radical (unpaired) electrons. The highest BCUT2D eigenvalue weighted by atomic mass is 31.2. The molecule has 0 bridgehead atoms. The van der Waals surface area contributed by atoms with Crippen LogP contribution < -0.4 is 5.73 Å². The van der Waals surface area contributed by atoms with Gasteiger partial charge in [0.2, 0.25) is 0 Å². The molecule has 0 rings (SSSR count). The van der Waals surface area contributed by atoms with E-state index in [1.165, 1.54) is 173 Å². The molecule has 322 valence electrons. The van der Waals surface area contributed by atoms with Gasteiger partial charge in [-0.2, -0.15) is 0 Å². The fraction of sp³-hybridized carbons (Fsp3) is 0.955. The first-order chi connectivity index (χ1) is 26.3. The van der Waals surface area contributed by atoms with Crippen molar-refractivity contribution in [3.05, 3.63) is 0 Å². The molecule has 9 nitrogen and oxygen atoms in total. The van der Waals surface area contributed by atoms with Crippen molar-refractivity contribution in [1.82, 2.24) is 0 Å². The standard InChI is InChI=1S/C44H88NO8P/c1-3-5-7-9-11-13-15-17-18-19-20-21-22-23-24-25-27-29-31-33-35-37-44(47)53-42(41-52-54(48,49)51-39-38-45)40-50-43(46)36-34-32-30-28-26-16-14-12-10-8-6-4-2/h42H,3-41,45H2,1-2H3,(H,48,49). The Balaban J connectivity index is 4.01. The Bertz CT molecular complexity index is 860. The normalized spacial score (nSPS) is 13.2. The third-order valence-electron chi connectivity index (χ3n) is 10.2. The van der Waals surface area contributed by atoms with Gasteiger partial charge in [0.25, 0.3) is 0 Å². The highest BCUT2D eigenvalue weighted by Crippen LogP contribution is 2.43. The molecule has 0 amide bonds. The van der Waals surface area contributed by atoms with Gasteiger partial charge in [-0.25, -0.2) is 4.57 Å². The lowest BCUT2D eigenvalue weighted by atomic mass is 10.0. The van der Waals surface area contributed by atoms with Crippen LogP contribution in [0.3, 0.4) is 0 Å². The quantitative estimate of drug-likeness (QED) is 0.0351. The molecule has 3 N–H and O–H groups in total. The number of unbranched alkanes of at least 4 members (excludes halogenated alkanes) is 31. The minimum atomic E-state index is -4.37. The largest absolute Gasteiger partial charge is 0.472 e. The second-order valence-corrected chi connectivity index (χ2v) is 17.1. The van der Waals surface area contributed by atoms with Gasteiger partial charge in [0.1, 0.15) is 6.61 Å². The van der Waals surface area contributed by atoms with E-state index in [2.05, 4.69) is 13.8 Å². The molecular weight excluding hydrogens is 701 g/mol. The Hall–Kier alpha value is -0.990. The lowest BCUT2D eigenvalue weighted by Gasteiger charge is -2.19. The van der Waals surface area contributed by atoms with Crippen molar-refractivity contribution < 1.29 is 37.6 Å². The van der Waals surface area contributed by atoms with Gasteiger partial charge in [0, 0.05) is 19.4 Å². The molecule has 10 heteroatoms. The predicted octanol–water partition coefficient (Wildman–Crippen LogP) is 13.2. The van der Waals surface area contributed by atoms with Crippen molar-refractivity contribution in [2.75, 3.05) is 26.4 Å². The Morgan fingerprint density at radius 2 is 0.796 bits per heavy atom. The van der Waals surface area contributed by atoms with E-state index < -0.39 is 26.5 Å². The lowest BCUT2D eigenvalue weighted by Crippen LogP contribution is -2.29. The summed E-state index contributed by atoms with van der Waals surface area (Å²) in [6.45, 7) is 3.77. The number of rotatable bonds is 44. The summed E-state index contributed by atoms with van der Waals surface area (Å²) >= 11 is 0. The van der Waals surface area contributed by atoms with Gasteiger partial charge >= 0.3 is 19.8 Å². The minimum absolute atomic E-state index is 0.0581. The summed E-state index contributed by atoms with van der Waals surface area (Å²) in [5, 5.41) is 0. The SMILES string of the molecule is CCCCCCCCCCCCCCCCCCCCCCCC(=O)OC(COC(=O)CCCCCCCCCCCCCC)COP(=O)(O)OCCN. The smallest absolute Gasteiger partial charge is 0.462 e. The van der Waals surface area contributed by atoms with Crippen LogP contribution in [0.15, 0.2) is 0 Å². The van der Waals surface area contributed by atoms with Crippen LogP contribution >= 0.6 is 7.82 Å². The average molecular weight is 790 g/mol. The van der Waals surface area contributed by atoms with Gasteiger partial charge in [-0.15, -0.1) is 0 Å². The molecule has 0 saturated carbocycles. The Morgan fingerprint density at radius 3 is 1.13 bits per heavy atom. The summed E-state index contributed by atoms with van der Waals surface area (Å²) in [6.07, 6.45) is 41.4. The van der Waals surface area contributed by atoms with E-state index in [4.69, 9.17) is 24.3 Å². The number of hydrogen-bond donors (Lipinski definition) is 2. The fourth-order valence-corrected chi connectivity index (χ4v) is 7.58. The van der Waals surface area contributed by atoms with Crippen molar-refractivity contribution in [1.29, 1.82) is 0 Å². The number of phosphoric ester groups is 1. The maximum Gasteiger partial charge on any atom is 0.472 e. The zero-order chi connectivity index (χ0) is 39.6. The molecule has 0 aromatic carbocycles. The molecule has 0 heterocycles. The molecular formula is C44H88NO8P. The van der Waals surface area contributed by atoms with E-state index in [0.717, 1.165) is 32.1 Å².